The van der Waals surface area contributed by atoms with E-state index in [1.165, 1.54) is 19.1 Å². The van der Waals surface area contributed by atoms with E-state index in [0.717, 1.165) is 41.9 Å². The Labute approximate surface area is 223 Å². The van der Waals surface area contributed by atoms with Crippen LogP contribution in [0, 0.1) is 11.7 Å². The quantitative estimate of drug-likeness (QED) is 0.311. The van der Waals surface area contributed by atoms with E-state index < -0.39 is 12.0 Å². The second-order valence-electron chi connectivity index (χ2n) is 10.2. The van der Waals surface area contributed by atoms with Crippen molar-refractivity contribution in [2.24, 2.45) is 10.9 Å². The van der Waals surface area contributed by atoms with E-state index in [2.05, 4.69) is 6.92 Å². The largest absolute Gasteiger partial charge is 0.494 e. The highest BCUT2D eigenvalue weighted by atomic mass is 19.1. The molecule has 38 heavy (non-hydrogen) atoms. The molecule has 0 bridgehead atoms. The number of aliphatic imine (C=N–C) groups is 1. The summed E-state index contributed by atoms with van der Waals surface area (Å²) in [5.74, 6) is -0.300. The average Bonchev–Trinajstić information content (AvgIpc) is 3.06. The summed E-state index contributed by atoms with van der Waals surface area (Å²) < 4.78 is 19.5. The normalized spacial score (nSPS) is 20.7. The Bertz CT molecular complexity index is 1330. The van der Waals surface area contributed by atoms with Gasteiger partial charge in [-0.15, -0.1) is 0 Å². The number of Topliss-reactive ketones (excluding diaryl/α,β-unsaturated/α-hetero) is 1. The van der Waals surface area contributed by atoms with Gasteiger partial charge in [0.05, 0.1) is 29.9 Å². The molecule has 0 N–H and O–H groups in total. The molecule has 0 unspecified atom stereocenters. The van der Waals surface area contributed by atoms with E-state index >= 15 is 0 Å². The van der Waals surface area contributed by atoms with E-state index in [1.807, 2.05) is 48.5 Å². The number of benzene rings is 3. The molecule has 1 fully saturated rings. The summed E-state index contributed by atoms with van der Waals surface area (Å²) in [6, 6.07) is 21.1. The SMILES string of the molecule is CCCCCOc1ccc([C@H]2[C@@H]3C(=O)C[C@@H](c4ccc(F)cc4)CC3=Nc3ccccc3N2C(C)=O)cc1. The lowest BCUT2D eigenvalue weighted by Crippen LogP contribution is -2.45. The van der Waals surface area contributed by atoms with Gasteiger partial charge < -0.3 is 9.64 Å². The van der Waals surface area contributed by atoms with Crippen LogP contribution < -0.4 is 9.64 Å². The van der Waals surface area contributed by atoms with Gasteiger partial charge in [0.25, 0.3) is 0 Å². The molecule has 0 radical (unpaired) electrons. The Balaban J connectivity index is 1.54. The van der Waals surface area contributed by atoms with Crippen molar-refractivity contribution in [2.75, 3.05) is 11.5 Å². The molecular weight excluding hydrogens is 479 g/mol. The lowest BCUT2D eigenvalue weighted by molar-refractivity contribution is -0.123. The van der Waals surface area contributed by atoms with Crippen LogP contribution in [0.2, 0.25) is 0 Å². The first-order valence-corrected chi connectivity index (χ1v) is 13.4. The van der Waals surface area contributed by atoms with Crippen LogP contribution in [-0.2, 0) is 9.59 Å². The zero-order valence-electron chi connectivity index (χ0n) is 21.9. The maximum Gasteiger partial charge on any atom is 0.224 e. The van der Waals surface area contributed by atoms with Gasteiger partial charge in [0.2, 0.25) is 5.91 Å². The highest BCUT2D eigenvalue weighted by Crippen LogP contribution is 2.47. The molecule has 2 aliphatic rings. The minimum absolute atomic E-state index is 0.0354. The van der Waals surface area contributed by atoms with Crippen LogP contribution >= 0.6 is 0 Å². The van der Waals surface area contributed by atoms with Gasteiger partial charge in [-0.2, -0.15) is 0 Å². The highest BCUT2D eigenvalue weighted by molar-refractivity contribution is 6.13. The number of nitrogens with zero attached hydrogens (tertiary/aromatic N) is 2. The molecular formula is C32H33FN2O3. The minimum atomic E-state index is -0.570. The Kier molecular flexibility index (Phi) is 7.68. The highest BCUT2D eigenvalue weighted by Gasteiger charge is 2.45. The van der Waals surface area contributed by atoms with Gasteiger partial charge >= 0.3 is 0 Å². The molecule has 1 aliphatic heterocycles. The minimum Gasteiger partial charge on any atom is -0.494 e. The molecule has 5 rings (SSSR count). The first-order chi connectivity index (χ1) is 18.5. The van der Waals surface area contributed by atoms with E-state index in [0.29, 0.717) is 30.8 Å². The topological polar surface area (TPSA) is 59.0 Å². The fraction of sp³-hybridized carbons (Fsp3) is 0.344. The number of ether oxygens (including phenoxy) is 1. The van der Waals surface area contributed by atoms with Crippen LogP contribution in [0.3, 0.4) is 0 Å². The molecule has 3 atom stereocenters. The first-order valence-electron chi connectivity index (χ1n) is 13.4. The van der Waals surface area contributed by atoms with Crippen molar-refractivity contribution in [3.8, 4) is 5.75 Å². The van der Waals surface area contributed by atoms with Gasteiger partial charge in [0, 0.05) is 19.1 Å². The van der Waals surface area contributed by atoms with Crippen LogP contribution in [0.5, 0.6) is 5.75 Å². The lowest BCUT2D eigenvalue weighted by atomic mass is 9.72. The summed E-state index contributed by atoms with van der Waals surface area (Å²) in [7, 11) is 0. The fourth-order valence-electron chi connectivity index (χ4n) is 5.68. The van der Waals surface area contributed by atoms with Crippen LogP contribution in [0.1, 0.15) is 69.0 Å². The van der Waals surface area contributed by atoms with E-state index in [1.54, 1.807) is 17.0 Å². The van der Waals surface area contributed by atoms with Crippen molar-refractivity contribution in [3.05, 3.63) is 89.7 Å². The molecule has 0 saturated heterocycles. The molecule has 6 heteroatoms. The standard InChI is InChI=1S/C32H33FN2O3/c1-3-4-7-18-38-26-16-12-23(13-17-26)32-31-28(34-27-8-5-6-9-29(27)35(32)21(2)36)19-24(20-30(31)37)22-10-14-25(33)15-11-22/h5-6,8-17,24,31-32H,3-4,7,18-20H2,1-2H3/t24-,31-,32-/m0/s1. The van der Waals surface area contributed by atoms with Gasteiger partial charge in [0.15, 0.2) is 0 Å². The lowest BCUT2D eigenvalue weighted by Gasteiger charge is -2.38. The molecule has 3 aromatic rings. The number of rotatable bonds is 7. The van der Waals surface area contributed by atoms with Gasteiger partial charge in [-0.05, 0) is 66.3 Å². The Morgan fingerprint density at radius 3 is 2.39 bits per heavy atom. The Morgan fingerprint density at radius 1 is 0.974 bits per heavy atom. The summed E-state index contributed by atoms with van der Waals surface area (Å²) in [5, 5.41) is 0. The predicted molar refractivity (Wildman–Crippen MR) is 148 cm³/mol. The molecule has 1 aliphatic carbocycles. The van der Waals surface area contributed by atoms with E-state index in [9.17, 15) is 14.0 Å². The number of unbranched alkanes of at least 4 members (excludes halogenated alkanes) is 2. The third-order valence-corrected chi connectivity index (χ3v) is 7.53. The fourth-order valence-corrected chi connectivity index (χ4v) is 5.68. The third kappa shape index (κ3) is 5.26. The van der Waals surface area contributed by atoms with Crippen LogP contribution in [0.15, 0.2) is 77.8 Å². The maximum absolute atomic E-state index is 13.9. The molecule has 5 nitrogen and oxygen atoms in total. The molecule has 3 aromatic carbocycles. The predicted octanol–water partition coefficient (Wildman–Crippen LogP) is 7.34. The van der Waals surface area contributed by atoms with Crippen molar-refractivity contribution < 1.29 is 18.7 Å². The van der Waals surface area contributed by atoms with Crippen LogP contribution in [0.4, 0.5) is 15.8 Å². The molecule has 1 heterocycles. The zero-order valence-corrected chi connectivity index (χ0v) is 21.9. The number of amides is 1. The average molecular weight is 513 g/mol. The van der Waals surface area contributed by atoms with Gasteiger partial charge in [0.1, 0.15) is 17.3 Å². The Hall–Kier alpha value is -3.80. The zero-order chi connectivity index (χ0) is 26.6. The number of carbonyl (C=O) groups excluding carboxylic acids is 2. The second-order valence-corrected chi connectivity index (χ2v) is 10.2. The number of halogens is 1. The number of hydrogen-bond acceptors (Lipinski definition) is 4. The maximum atomic E-state index is 13.9. The second kappa shape index (κ2) is 11.3. The number of carbonyl (C=O) groups is 2. The van der Waals surface area contributed by atoms with Gasteiger partial charge in [-0.1, -0.05) is 56.2 Å². The molecule has 0 spiro atoms. The Morgan fingerprint density at radius 2 is 1.68 bits per heavy atom. The van der Waals surface area contributed by atoms with E-state index in [-0.39, 0.29) is 23.4 Å². The number of fused-ring (bicyclic) bond motifs is 2. The molecule has 1 amide bonds. The molecule has 196 valence electrons. The van der Waals surface area contributed by atoms with Crippen LogP contribution in [0.25, 0.3) is 0 Å². The van der Waals surface area contributed by atoms with E-state index in [4.69, 9.17) is 9.73 Å². The summed E-state index contributed by atoms with van der Waals surface area (Å²) in [4.78, 5) is 33.8. The van der Waals surface area contributed by atoms with Crippen molar-refractivity contribution in [1.82, 2.24) is 0 Å². The van der Waals surface area contributed by atoms with Crippen LogP contribution in [-0.4, -0.2) is 24.0 Å². The van der Waals surface area contributed by atoms with Crippen molar-refractivity contribution in [2.45, 2.75) is 57.9 Å². The monoisotopic (exact) mass is 512 g/mol. The summed E-state index contributed by atoms with van der Waals surface area (Å²) in [6.07, 6.45) is 4.14. The van der Waals surface area contributed by atoms with Gasteiger partial charge in [-0.25, -0.2) is 4.39 Å². The third-order valence-electron chi connectivity index (χ3n) is 7.53. The number of ketones is 1. The summed E-state index contributed by atoms with van der Waals surface area (Å²) >= 11 is 0. The van der Waals surface area contributed by atoms with Crippen molar-refractivity contribution >= 4 is 28.8 Å². The molecule has 0 aromatic heterocycles. The number of anilines is 1. The molecule has 1 saturated carbocycles. The van der Waals surface area contributed by atoms with Crippen molar-refractivity contribution in [1.29, 1.82) is 0 Å². The smallest absolute Gasteiger partial charge is 0.224 e. The first kappa shape index (κ1) is 25.8. The summed E-state index contributed by atoms with van der Waals surface area (Å²) in [6.45, 7) is 4.35. The summed E-state index contributed by atoms with van der Waals surface area (Å²) in [5.41, 5.74) is 3.91. The van der Waals surface area contributed by atoms with Gasteiger partial charge in [-0.3, -0.25) is 14.6 Å². The number of para-hydroxylation sites is 2. The van der Waals surface area contributed by atoms with Crippen molar-refractivity contribution in [3.63, 3.8) is 0 Å². The number of hydrogen-bond donors (Lipinski definition) is 0.